The molecule has 0 radical (unpaired) electrons. The lowest BCUT2D eigenvalue weighted by atomic mass is 10.1. The first-order chi connectivity index (χ1) is 10.1. The second-order valence-electron chi connectivity index (χ2n) is 4.55. The Morgan fingerprint density at radius 3 is 2.29 bits per heavy atom. The molecule has 2 aromatic rings. The molecule has 0 fully saturated rings. The first kappa shape index (κ1) is 15.0. The number of ether oxygens (including phenoxy) is 1. The maximum Gasteiger partial charge on any atom is 0.387 e. The quantitative estimate of drug-likeness (QED) is 0.843. The van der Waals surface area contributed by atoms with Gasteiger partial charge in [0.25, 0.3) is 5.91 Å². The summed E-state index contributed by atoms with van der Waals surface area (Å²) in [6, 6.07) is 15.2. The maximum absolute atomic E-state index is 12.2. The van der Waals surface area contributed by atoms with E-state index in [0.29, 0.717) is 12.1 Å². The van der Waals surface area contributed by atoms with E-state index in [1.54, 1.807) is 48.3 Å². The molecule has 0 aliphatic rings. The van der Waals surface area contributed by atoms with Crippen LogP contribution < -0.4 is 4.74 Å². The van der Waals surface area contributed by atoms with Crippen molar-refractivity contribution in [2.24, 2.45) is 0 Å². The second kappa shape index (κ2) is 6.83. The van der Waals surface area contributed by atoms with E-state index in [1.165, 1.54) is 12.1 Å². The van der Waals surface area contributed by atoms with Gasteiger partial charge in [-0.1, -0.05) is 30.3 Å². The van der Waals surface area contributed by atoms with Gasteiger partial charge in [0, 0.05) is 19.2 Å². The van der Waals surface area contributed by atoms with Crippen LogP contribution in [0.3, 0.4) is 0 Å². The topological polar surface area (TPSA) is 29.5 Å². The minimum absolute atomic E-state index is 0.0940. The summed E-state index contributed by atoms with van der Waals surface area (Å²) in [5.41, 5.74) is 1.45. The first-order valence-corrected chi connectivity index (χ1v) is 6.40. The molecule has 3 nitrogen and oxygen atoms in total. The van der Waals surface area contributed by atoms with Crippen LogP contribution in [-0.2, 0) is 6.54 Å². The summed E-state index contributed by atoms with van der Waals surface area (Å²) in [4.78, 5) is 13.7. The molecule has 0 bridgehead atoms. The third kappa shape index (κ3) is 4.27. The fraction of sp³-hybridized carbons (Fsp3) is 0.188. The van der Waals surface area contributed by atoms with Gasteiger partial charge in [0.2, 0.25) is 0 Å². The molecular weight excluding hydrogens is 276 g/mol. The van der Waals surface area contributed by atoms with Crippen LogP contribution in [0.1, 0.15) is 15.9 Å². The number of halogens is 2. The van der Waals surface area contributed by atoms with Crippen molar-refractivity contribution in [2.45, 2.75) is 13.2 Å². The monoisotopic (exact) mass is 291 g/mol. The first-order valence-electron chi connectivity index (χ1n) is 6.40. The van der Waals surface area contributed by atoms with Crippen LogP contribution in [0.25, 0.3) is 0 Å². The molecule has 0 heterocycles. The Hall–Kier alpha value is -2.43. The molecule has 0 N–H and O–H groups in total. The lowest BCUT2D eigenvalue weighted by Crippen LogP contribution is -2.26. The minimum Gasteiger partial charge on any atom is -0.435 e. The highest BCUT2D eigenvalue weighted by molar-refractivity contribution is 5.93. The lowest BCUT2D eigenvalue weighted by molar-refractivity contribution is -0.0498. The van der Waals surface area contributed by atoms with Crippen LogP contribution >= 0.6 is 0 Å². The zero-order chi connectivity index (χ0) is 15.2. The molecule has 5 heteroatoms. The molecule has 0 saturated carbocycles. The molecule has 0 aromatic heterocycles. The van der Waals surface area contributed by atoms with E-state index in [1.807, 2.05) is 6.07 Å². The number of rotatable bonds is 5. The van der Waals surface area contributed by atoms with Gasteiger partial charge in [-0.3, -0.25) is 4.79 Å². The predicted molar refractivity (Wildman–Crippen MR) is 75.3 cm³/mol. The van der Waals surface area contributed by atoms with Gasteiger partial charge < -0.3 is 9.64 Å². The second-order valence-corrected chi connectivity index (χ2v) is 4.55. The smallest absolute Gasteiger partial charge is 0.387 e. The Morgan fingerprint density at radius 1 is 1.10 bits per heavy atom. The summed E-state index contributed by atoms with van der Waals surface area (Å²) in [6.07, 6.45) is 0. The van der Waals surface area contributed by atoms with Gasteiger partial charge in [-0.25, -0.2) is 0 Å². The number of hydrogen-bond acceptors (Lipinski definition) is 2. The maximum atomic E-state index is 12.2. The molecule has 110 valence electrons. The Bertz CT molecular complexity index is 585. The standard InChI is InChI=1S/C16H15F2NO2/c1-19(15(20)13-5-3-2-4-6-13)11-12-7-9-14(10-8-12)21-16(17)18/h2-10,16H,11H2,1H3. The third-order valence-corrected chi connectivity index (χ3v) is 2.94. The van der Waals surface area contributed by atoms with E-state index in [2.05, 4.69) is 4.74 Å². The molecular formula is C16H15F2NO2. The highest BCUT2D eigenvalue weighted by atomic mass is 19.3. The fourth-order valence-corrected chi connectivity index (χ4v) is 1.92. The summed E-state index contributed by atoms with van der Waals surface area (Å²) >= 11 is 0. The van der Waals surface area contributed by atoms with Crippen LogP contribution in [0.5, 0.6) is 5.75 Å². The van der Waals surface area contributed by atoms with Crippen molar-refractivity contribution < 1.29 is 18.3 Å². The molecule has 0 atom stereocenters. The number of amides is 1. The Balaban J connectivity index is 1.99. The molecule has 0 spiro atoms. The number of nitrogens with zero attached hydrogens (tertiary/aromatic N) is 1. The number of carbonyl (C=O) groups is 1. The number of benzene rings is 2. The van der Waals surface area contributed by atoms with E-state index < -0.39 is 6.61 Å². The Labute approximate surface area is 121 Å². The van der Waals surface area contributed by atoms with Gasteiger partial charge in [-0.05, 0) is 29.8 Å². The van der Waals surface area contributed by atoms with E-state index in [9.17, 15) is 13.6 Å². The lowest BCUT2D eigenvalue weighted by Gasteiger charge is -2.17. The molecule has 0 aliphatic heterocycles. The van der Waals surface area contributed by atoms with Crippen molar-refractivity contribution in [1.82, 2.24) is 4.90 Å². The van der Waals surface area contributed by atoms with Gasteiger partial charge >= 0.3 is 6.61 Å². The SMILES string of the molecule is CN(Cc1ccc(OC(F)F)cc1)C(=O)c1ccccc1. The summed E-state index contributed by atoms with van der Waals surface area (Å²) in [5.74, 6) is 0.00861. The van der Waals surface area contributed by atoms with Crippen LogP contribution in [0.2, 0.25) is 0 Å². The van der Waals surface area contributed by atoms with Crippen molar-refractivity contribution in [1.29, 1.82) is 0 Å². The molecule has 1 amide bonds. The summed E-state index contributed by atoms with van der Waals surface area (Å²) in [6.45, 7) is -2.44. The van der Waals surface area contributed by atoms with Gasteiger partial charge in [0.1, 0.15) is 5.75 Å². The van der Waals surface area contributed by atoms with Crippen molar-refractivity contribution in [3.8, 4) is 5.75 Å². The van der Waals surface area contributed by atoms with Gasteiger partial charge in [-0.15, -0.1) is 0 Å². The molecule has 0 aliphatic carbocycles. The van der Waals surface area contributed by atoms with Crippen molar-refractivity contribution in [3.05, 3.63) is 65.7 Å². The van der Waals surface area contributed by atoms with E-state index in [4.69, 9.17) is 0 Å². The van der Waals surface area contributed by atoms with Crippen LogP contribution in [0.15, 0.2) is 54.6 Å². The molecule has 21 heavy (non-hydrogen) atoms. The van der Waals surface area contributed by atoms with Gasteiger partial charge in [0.05, 0.1) is 0 Å². The van der Waals surface area contributed by atoms with Crippen LogP contribution in [-0.4, -0.2) is 24.5 Å². The predicted octanol–water partition coefficient (Wildman–Crippen LogP) is 3.56. The summed E-state index contributed by atoms with van der Waals surface area (Å²) < 4.78 is 28.4. The Kier molecular flexibility index (Phi) is 4.87. The normalized spacial score (nSPS) is 10.5. The summed E-state index contributed by atoms with van der Waals surface area (Å²) in [5, 5.41) is 0. The average molecular weight is 291 g/mol. The van der Waals surface area contributed by atoms with E-state index in [0.717, 1.165) is 5.56 Å². The molecule has 0 unspecified atom stereocenters. The van der Waals surface area contributed by atoms with Crippen LogP contribution in [0, 0.1) is 0 Å². The zero-order valence-corrected chi connectivity index (χ0v) is 11.5. The fourth-order valence-electron chi connectivity index (χ4n) is 1.92. The summed E-state index contributed by atoms with van der Waals surface area (Å²) in [7, 11) is 1.69. The van der Waals surface area contributed by atoms with Gasteiger partial charge in [0.15, 0.2) is 0 Å². The average Bonchev–Trinajstić information content (AvgIpc) is 2.49. The zero-order valence-electron chi connectivity index (χ0n) is 11.5. The van der Waals surface area contributed by atoms with Crippen molar-refractivity contribution in [3.63, 3.8) is 0 Å². The van der Waals surface area contributed by atoms with E-state index >= 15 is 0 Å². The number of hydrogen-bond donors (Lipinski definition) is 0. The number of alkyl halides is 2. The Morgan fingerprint density at radius 2 is 1.71 bits per heavy atom. The van der Waals surface area contributed by atoms with Crippen molar-refractivity contribution >= 4 is 5.91 Å². The molecule has 0 saturated heterocycles. The third-order valence-electron chi connectivity index (χ3n) is 2.94. The molecule has 2 aromatic carbocycles. The molecule has 2 rings (SSSR count). The van der Waals surface area contributed by atoms with Crippen LogP contribution in [0.4, 0.5) is 8.78 Å². The highest BCUT2D eigenvalue weighted by Gasteiger charge is 2.11. The van der Waals surface area contributed by atoms with Crippen molar-refractivity contribution in [2.75, 3.05) is 7.05 Å². The minimum atomic E-state index is -2.84. The highest BCUT2D eigenvalue weighted by Crippen LogP contribution is 2.16. The number of carbonyl (C=O) groups excluding carboxylic acids is 1. The van der Waals surface area contributed by atoms with Gasteiger partial charge in [-0.2, -0.15) is 8.78 Å². The largest absolute Gasteiger partial charge is 0.435 e. The van der Waals surface area contributed by atoms with E-state index in [-0.39, 0.29) is 11.7 Å².